The van der Waals surface area contributed by atoms with Gasteiger partial charge in [-0.3, -0.25) is 5.10 Å². The van der Waals surface area contributed by atoms with Gasteiger partial charge in [0.25, 0.3) is 0 Å². The van der Waals surface area contributed by atoms with Crippen molar-refractivity contribution in [1.29, 1.82) is 0 Å². The van der Waals surface area contributed by atoms with Crippen molar-refractivity contribution in [1.82, 2.24) is 25.3 Å². The van der Waals surface area contributed by atoms with E-state index in [0.29, 0.717) is 17.5 Å². The lowest BCUT2D eigenvalue weighted by Gasteiger charge is -2.22. The fraction of sp³-hybridized carbons (Fsp3) is 0.636. The standard InChI is InChI=1S/C11H16N6O/c12-11(5-3-1-2-4-6-11)10-15-9(17-18-10)8-13-7-14-16-8/h7H,1-6,12H2,(H,13,14,16). The summed E-state index contributed by atoms with van der Waals surface area (Å²) in [6.07, 6.45) is 7.86. The van der Waals surface area contributed by atoms with E-state index in [1.807, 2.05) is 0 Å². The van der Waals surface area contributed by atoms with Crippen molar-refractivity contribution in [3.63, 3.8) is 0 Å². The molecule has 0 atom stereocenters. The van der Waals surface area contributed by atoms with Gasteiger partial charge in [-0.15, -0.1) is 0 Å². The molecule has 1 saturated carbocycles. The minimum Gasteiger partial charge on any atom is -0.337 e. The third kappa shape index (κ3) is 2.01. The lowest BCUT2D eigenvalue weighted by molar-refractivity contribution is 0.257. The molecule has 2 heterocycles. The Hall–Kier alpha value is -1.76. The van der Waals surface area contributed by atoms with E-state index in [2.05, 4.69) is 25.3 Å². The molecule has 0 spiro atoms. The Morgan fingerprint density at radius 2 is 2.00 bits per heavy atom. The number of nitrogens with zero attached hydrogens (tertiary/aromatic N) is 4. The average molecular weight is 248 g/mol. The minimum atomic E-state index is -0.484. The number of rotatable bonds is 2. The van der Waals surface area contributed by atoms with Crippen molar-refractivity contribution in [2.45, 2.75) is 44.1 Å². The summed E-state index contributed by atoms with van der Waals surface area (Å²) in [6.45, 7) is 0. The fourth-order valence-corrected chi connectivity index (χ4v) is 2.41. The lowest BCUT2D eigenvalue weighted by atomic mass is 9.91. The van der Waals surface area contributed by atoms with E-state index in [-0.39, 0.29) is 0 Å². The van der Waals surface area contributed by atoms with Gasteiger partial charge in [0.15, 0.2) is 5.82 Å². The van der Waals surface area contributed by atoms with Crippen LogP contribution in [0.25, 0.3) is 11.6 Å². The molecule has 2 aromatic heterocycles. The first kappa shape index (κ1) is 11.3. The molecule has 0 saturated heterocycles. The molecular weight excluding hydrogens is 232 g/mol. The van der Waals surface area contributed by atoms with Crippen molar-refractivity contribution in [3.05, 3.63) is 12.2 Å². The van der Waals surface area contributed by atoms with Crippen LogP contribution in [0, 0.1) is 0 Å². The number of hydrogen-bond donors (Lipinski definition) is 2. The molecule has 0 aromatic carbocycles. The van der Waals surface area contributed by atoms with Crippen LogP contribution in [0.5, 0.6) is 0 Å². The summed E-state index contributed by atoms with van der Waals surface area (Å²) in [5, 5.41) is 10.4. The highest BCUT2D eigenvalue weighted by Crippen LogP contribution is 2.33. The van der Waals surface area contributed by atoms with Crippen LogP contribution >= 0.6 is 0 Å². The number of nitrogens with one attached hydrogen (secondary N) is 1. The SMILES string of the molecule is NC1(c2nc(-c3ncn[nH]3)no2)CCCCCC1. The van der Waals surface area contributed by atoms with Gasteiger partial charge < -0.3 is 10.3 Å². The predicted molar refractivity (Wildman–Crippen MR) is 63.2 cm³/mol. The van der Waals surface area contributed by atoms with Crippen molar-refractivity contribution in [3.8, 4) is 11.6 Å². The molecule has 0 amide bonds. The van der Waals surface area contributed by atoms with Gasteiger partial charge >= 0.3 is 0 Å². The van der Waals surface area contributed by atoms with Crippen molar-refractivity contribution in [2.75, 3.05) is 0 Å². The zero-order valence-electron chi connectivity index (χ0n) is 10.1. The number of hydrogen-bond acceptors (Lipinski definition) is 6. The zero-order valence-corrected chi connectivity index (χ0v) is 10.1. The summed E-state index contributed by atoms with van der Waals surface area (Å²) < 4.78 is 5.31. The highest BCUT2D eigenvalue weighted by atomic mass is 16.5. The average Bonchev–Trinajstić information content (AvgIpc) is 3.00. The van der Waals surface area contributed by atoms with Crippen LogP contribution in [0.1, 0.15) is 44.4 Å². The van der Waals surface area contributed by atoms with E-state index in [9.17, 15) is 0 Å². The second kappa shape index (κ2) is 4.49. The van der Waals surface area contributed by atoms with Gasteiger partial charge in [0, 0.05) is 0 Å². The fourth-order valence-electron chi connectivity index (χ4n) is 2.41. The van der Waals surface area contributed by atoms with Crippen molar-refractivity contribution < 1.29 is 4.52 Å². The number of H-pyrrole nitrogens is 1. The predicted octanol–water partition coefficient (Wildman–Crippen LogP) is 1.36. The van der Waals surface area contributed by atoms with Gasteiger partial charge in [0.2, 0.25) is 11.7 Å². The number of aromatic amines is 1. The quantitative estimate of drug-likeness (QED) is 0.777. The van der Waals surface area contributed by atoms with Crippen LogP contribution < -0.4 is 5.73 Å². The van der Waals surface area contributed by atoms with Crippen molar-refractivity contribution >= 4 is 0 Å². The van der Waals surface area contributed by atoms with E-state index in [4.69, 9.17) is 10.3 Å². The maximum absolute atomic E-state index is 6.40. The molecule has 0 radical (unpaired) electrons. The largest absolute Gasteiger partial charge is 0.337 e. The molecule has 7 nitrogen and oxygen atoms in total. The summed E-state index contributed by atoms with van der Waals surface area (Å²) in [5.41, 5.74) is 5.92. The molecular formula is C11H16N6O. The number of nitrogens with two attached hydrogens (primary N) is 1. The maximum atomic E-state index is 6.40. The van der Waals surface area contributed by atoms with Crippen LogP contribution in [0.15, 0.2) is 10.9 Å². The second-order valence-electron chi connectivity index (χ2n) is 4.83. The van der Waals surface area contributed by atoms with Gasteiger partial charge in [0.05, 0.1) is 5.54 Å². The molecule has 1 aliphatic rings. The lowest BCUT2D eigenvalue weighted by Crippen LogP contribution is -2.36. The third-order valence-corrected chi connectivity index (χ3v) is 3.47. The van der Waals surface area contributed by atoms with Crippen LogP contribution in [0.3, 0.4) is 0 Å². The summed E-state index contributed by atoms with van der Waals surface area (Å²) in [6, 6.07) is 0. The van der Waals surface area contributed by atoms with E-state index < -0.39 is 5.54 Å². The minimum absolute atomic E-state index is 0.413. The normalized spacial score (nSPS) is 19.6. The molecule has 7 heteroatoms. The summed E-state index contributed by atoms with van der Waals surface area (Å²) in [5.74, 6) is 1.43. The van der Waals surface area contributed by atoms with Crippen LogP contribution in [-0.2, 0) is 5.54 Å². The molecule has 0 aliphatic heterocycles. The Morgan fingerprint density at radius 1 is 1.22 bits per heavy atom. The third-order valence-electron chi connectivity index (χ3n) is 3.47. The Balaban J connectivity index is 1.88. The maximum Gasteiger partial charge on any atom is 0.247 e. The number of aromatic nitrogens is 5. The van der Waals surface area contributed by atoms with Crippen LogP contribution in [0.2, 0.25) is 0 Å². The van der Waals surface area contributed by atoms with Crippen molar-refractivity contribution in [2.24, 2.45) is 5.73 Å². The first-order chi connectivity index (χ1) is 8.78. The highest BCUT2D eigenvalue weighted by molar-refractivity contribution is 5.40. The first-order valence-electron chi connectivity index (χ1n) is 6.27. The summed E-state index contributed by atoms with van der Waals surface area (Å²) in [7, 11) is 0. The van der Waals surface area contributed by atoms with E-state index >= 15 is 0 Å². The molecule has 3 rings (SSSR count). The second-order valence-corrected chi connectivity index (χ2v) is 4.83. The van der Waals surface area contributed by atoms with Crippen LogP contribution in [0.4, 0.5) is 0 Å². The summed E-state index contributed by atoms with van der Waals surface area (Å²) in [4.78, 5) is 8.35. The zero-order chi connectivity index (χ0) is 12.4. The Bertz CT molecular complexity index is 497. The molecule has 1 fully saturated rings. The molecule has 2 aromatic rings. The molecule has 0 bridgehead atoms. The molecule has 0 unspecified atom stereocenters. The highest BCUT2D eigenvalue weighted by Gasteiger charge is 2.34. The molecule has 18 heavy (non-hydrogen) atoms. The van der Waals surface area contributed by atoms with Gasteiger partial charge in [-0.05, 0) is 12.8 Å². The topological polar surface area (TPSA) is 107 Å². The monoisotopic (exact) mass is 248 g/mol. The summed E-state index contributed by atoms with van der Waals surface area (Å²) >= 11 is 0. The van der Waals surface area contributed by atoms with E-state index in [1.165, 1.54) is 19.2 Å². The van der Waals surface area contributed by atoms with Gasteiger partial charge in [-0.2, -0.15) is 10.1 Å². The van der Waals surface area contributed by atoms with Gasteiger partial charge in [-0.1, -0.05) is 30.8 Å². The molecule has 96 valence electrons. The Morgan fingerprint density at radius 3 is 2.67 bits per heavy atom. The van der Waals surface area contributed by atoms with Gasteiger partial charge in [0.1, 0.15) is 6.33 Å². The molecule has 1 aliphatic carbocycles. The Labute approximate surface area is 104 Å². The van der Waals surface area contributed by atoms with E-state index in [0.717, 1.165) is 25.7 Å². The van der Waals surface area contributed by atoms with Crippen LogP contribution in [-0.4, -0.2) is 25.3 Å². The molecule has 3 N–H and O–H groups in total. The van der Waals surface area contributed by atoms with E-state index in [1.54, 1.807) is 0 Å². The first-order valence-corrected chi connectivity index (χ1v) is 6.27. The van der Waals surface area contributed by atoms with Gasteiger partial charge in [-0.25, -0.2) is 4.98 Å². The smallest absolute Gasteiger partial charge is 0.247 e. The Kier molecular flexibility index (Phi) is 2.83.